The van der Waals surface area contributed by atoms with Crippen LogP contribution in [0.5, 0.6) is 0 Å². The molecule has 184 valence electrons. The van der Waals surface area contributed by atoms with Crippen molar-refractivity contribution >= 4 is 5.91 Å². The number of carbonyl (C=O) groups is 1. The summed E-state index contributed by atoms with van der Waals surface area (Å²) in [6, 6.07) is 1.86. The van der Waals surface area contributed by atoms with E-state index in [0.29, 0.717) is 36.2 Å². The third kappa shape index (κ3) is 4.92. The number of aromatic nitrogens is 1. The number of amides is 1. The standard InChI is InChI=1S/C25H36F3N3O2/c1-4-17-15-33-10-7-22(17)30-20-5-8-24(12-20,16(2)3)23(32)31-9-6-21-18(14-31)11-19(13-29-21)25(26,27)28/h11,13,16-17,20,22,30H,4-10,12,14-15H2,1-3H3/t17-,20+,22-,24-/m0/s1. The minimum absolute atomic E-state index is 0.0869. The smallest absolute Gasteiger partial charge is 0.381 e. The molecule has 3 aliphatic rings. The normalized spacial score (nSPS) is 30.5. The van der Waals surface area contributed by atoms with Gasteiger partial charge in [-0.05, 0) is 55.6 Å². The van der Waals surface area contributed by atoms with E-state index in [1.807, 2.05) is 0 Å². The third-order valence-electron chi connectivity index (χ3n) is 8.18. The van der Waals surface area contributed by atoms with E-state index in [0.717, 1.165) is 51.5 Å². The Morgan fingerprint density at radius 1 is 1.36 bits per heavy atom. The molecule has 2 aliphatic heterocycles. The lowest BCUT2D eigenvalue weighted by atomic mass is 9.74. The van der Waals surface area contributed by atoms with Gasteiger partial charge in [-0.3, -0.25) is 9.78 Å². The molecule has 8 heteroatoms. The fourth-order valence-electron chi connectivity index (χ4n) is 5.97. The molecule has 1 amide bonds. The maximum absolute atomic E-state index is 13.8. The molecule has 1 saturated heterocycles. The van der Waals surface area contributed by atoms with Crippen LogP contribution in [0.1, 0.15) is 69.7 Å². The van der Waals surface area contributed by atoms with E-state index >= 15 is 0 Å². The van der Waals surface area contributed by atoms with E-state index in [9.17, 15) is 18.0 Å². The molecule has 3 heterocycles. The maximum Gasteiger partial charge on any atom is 0.417 e. The number of hydrogen-bond donors (Lipinski definition) is 1. The highest BCUT2D eigenvalue weighted by atomic mass is 19.4. The zero-order valence-corrected chi connectivity index (χ0v) is 19.9. The first-order valence-electron chi connectivity index (χ1n) is 12.3. The van der Waals surface area contributed by atoms with Crippen molar-refractivity contribution in [2.45, 2.75) is 84.1 Å². The van der Waals surface area contributed by atoms with Crippen LogP contribution in [0.3, 0.4) is 0 Å². The number of pyridine rings is 1. The zero-order chi connectivity index (χ0) is 23.8. The molecule has 1 aromatic heterocycles. The Balaban J connectivity index is 1.48. The third-order valence-corrected chi connectivity index (χ3v) is 8.18. The molecule has 0 radical (unpaired) electrons. The number of hydrogen-bond acceptors (Lipinski definition) is 4. The molecule has 2 fully saturated rings. The average Bonchev–Trinajstić information content (AvgIpc) is 3.23. The number of alkyl halides is 3. The van der Waals surface area contributed by atoms with Crippen LogP contribution < -0.4 is 5.32 Å². The van der Waals surface area contributed by atoms with E-state index in [1.165, 1.54) is 6.07 Å². The Kier molecular flexibility index (Phi) is 7.06. The van der Waals surface area contributed by atoms with Gasteiger partial charge in [0.15, 0.2) is 0 Å². The van der Waals surface area contributed by atoms with Gasteiger partial charge in [-0.15, -0.1) is 0 Å². The summed E-state index contributed by atoms with van der Waals surface area (Å²) in [6.07, 6.45) is 1.57. The fourth-order valence-corrected chi connectivity index (χ4v) is 5.97. The van der Waals surface area contributed by atoms with Crippen LogP contribution in [0.2, 0.25) is 0 Å². The van der Waals surface area contributed by atoms with Crippen molar-refractivity contribution < 1.29 is 22.7 Å². The van der Waals surface area contributed by atoms with Gasteiger partial charge in [0.1, 0.15) is 0 Å². The van der Waals surface area contributed by atoms with Crippen LogP contribution in [0.25, 0.3) is 0 Å². The fraction of sp³-hybridized carbons (Fsp3) is 0.760. The van der Waals surface area contributed by atoms with Crippen molar-refractivity contribution in [1.82, 2.24) is 15.2 Å². The predicted octanol–water partition coefficient (Wildman–Crippen LogP) is 4.58. The van der Waals surface area contributed by atoms with Gasteiger partial charge in [0, 0.05) is 50.1 Å². The molecule has 0 aromatic carbocycles. The highest BCUT2D eigenvalue weighted by molar-refractivity contribution is 5.83. The molecule has 33 heavy (non-hydrogen) atoms. The number of halogens is 3. The molecule has 0 bridgehead atoms. The summed E-state index contributed by atoms with van der Waals surface area (Å²) in [5, 5.41) is 3.84. The van der Waals surface area contributed by atoms with Gasteiger partial charge in [-0.2, -0.15) is 13.2 Å². The second-order valence-corrected chi connectivity index (χ2v) is 10.4. The molecule has 5 nitrogen and oxygen atoms in total. The first kappa shape index (κ1) is 24.5. The second kappa shape index (κ2) is 9.53. The van der Waals surface area contributed by atoms with Crippen LogP contribution in [0, 0.1) is 17.3 Å². The van der Waals surface area contributed by atoms with E-state index in [2.05, 4.69) is 31.1 Å². The predicted molar refractivity (Wildman–Crippen MR) is 119 cm³/mol. The molecular weight excluding hydrogens is 431 g/mol. The van der Waals surface area contributed by atoms with E-state index in [4.69, 9.17) is 4.74 Å². The van der Waals surface area contributed by atoms with Crippen LogP contribution in [0.15, 0.2) is 12.3 Å². The van der Waals surface area contributed by atoms with Gasteiger partial charge in [-0.1, -0.05) is 20.8 Å². The summed E-state index contributed by atoms with van der Waals surface area (Å²) in [6.45, 7) is 8.67. The largest absolute Gasteiger partial charge is 0.417 e. The number of fused-ring (bicyclic) bond motifs is 1. The lowest BCUT2D eigenvalue weighted by molar-refractivity contribution is -0.146. The Hall–Kier alpha value is -1.67. The molecule has 1 aromatic rings. The van der Waals surface area contributed by atoms with Gasteiger partial charge in [0.2, 0.25) is 5.91 Å². The molecule has 4 atom stereocenters. The van der Waals surface area contributed by atoms with Crippen LogP contribution in [-0.2, 0) is 28.7 Å². The average molecular weight is 468 g/mol. The van der Waals surface area contributed by atoms with Crippen molar-refractivity contribution in [2.75, 3.05) is 19.8 Å². The van der Waals surface area contributed by atoms with Gasteiger partial charge in [0.25, 0.3) is 0 Å². The summed E-state index contributed by atoms with van der Waals surface area (Å²) in [7, 11) is 0. The Labute approximate surface area is 194 Å². The first-order valence-corrected chi connectivity index (χ1v) is 12.3. The van der Waals surface area contributed by atoms with Crippen molar-refractivity contribution in [3.63, 3.8) is 0 Å². The van der Waals surface area contributed by atoms with Crippen molar-refractivity contribution in [2.24, 2.45) is 17.3 Å². The van der Waals surface area contributed by atoms with Crippen molar-refractivity contribution in [3.05, 3.63) is 29.1 Å². The quantitative estimate of drug-likeness (QED) is 0.689. The molecule has 1 saturated carbocycles. The summed E-state index contributed by atoms with van der Waals surface area (Å²) < 4.78 is 45.2. The van der Waals surface area contributed by atoms with E-state index in [1.54, 1.807) is 4.90 Å². The second-order valence-electron chi connectivity index (χ2n) is 10.4. The van der Waals surface area contributed by atoms with Gasteiger partial charge >= 0.3 is 6.18 Å². The molecule has 0 unspecified atom stereocenters. The lowest BCUT2D eigenvalue weighted by Gasteiger charge is -2.40. The summed E-state index contributed by atoms with van der Waals surface area (Å²) in [5.74, 6) is 0.746. The highest BCUT2D eigenvalue weighted by Gasteiger charge is 2.50. The van der Waals surface area contributed by atoms with Gasteiger partial charge < -0.3 is 15.0 Å². The van der Waals surface area contributed by atoms with E-state index < -0.39 is 17.2 Å². The maximum atomic E-state index is 13.8. The SMILES string of the molecule is CC[C@H]1COCC[C@@H]1N[C@@H]1CC[C@@](C(=O)N2CCc3ncc(C(F)(F)F)cc3C2)(C(C)C)C1. The molecular formula is C25H36F3N3O2. The number of nitrogens with zero attached hydrogens (tertiary/aromatic N) is 2. The molecule has 4 rings (SSSR count). The molecule has 1 aliphatic carbocycles. The number of rotatable bonds is 5. The Bertz CT molecular complexity index is 860. The minimum Gasteiger partial charge on any atom is -0.381 e. The number of nitrogens with one attached hydrogen (secondary N) is 1. The van der Waals surface area contributed by atoms with Crippen LogP contribution >= 0.6 is 0 Å². The summed E-state index contributed by atoms with van der Waals surface area (Å²) in [4.78, 5) is 19.7. The summed E-state index contributed by atoms with van der Waals surface area (Å²) >= 11 is 0. The Morgan fingerprint density at radius 3 is 2.85 bits per heavy atom. The molecule has 0 spiro atoms. The van der Waals surface area contributed by atoms with Crippen molar-refractivity contribution in [3.8, 4) is 0 Å². The van der Waals surface area contributed by atoms with Crippen LogP contribution in [0.4, 0.5) is 13.2 Å². The summed E-state index contributed by atoms with van der Waals surface area (Å²) in [5.41, 5.74) is -0.0381. The van der Waals surface area contributed by atoms with Crippen molar-refractivity contribution in [1.29, 1.82) is 0 Å². The van der Waals surface area contributed by atoms with Gasteiger partial charge in [0.05, 0.1) is 17.6 Å². The highest BCUT2D eigenvalue weighted by Crippen LogP contribution is 2.47. The Morgan fingerprint density at radius 2 is 2.15 bits per heavy atom. The van der Waals surface area contributed by atoms with Crippen LogP contribution in [-0.4, -0.2) is 47.6 Å². The number of carbonyl (C=O) groups excluding carboxylic acids is 1. The molecule has 1 N–H and O–H groups in total. The van der Waals surface area contributed by atoms with Gasteiger partial charge in [-0.25, -0.2) is 0 Å². The first-order chi connectivity index (χ1) is 15.6. The van der Waals surface area contributed by atoms with E-state index in [-0.39, 0.29) is 24.4 Å². The zero-order valence-electron chi connectivity index (χ0n) is 19.9. The number of ether oxygens (including phenoxy) is 1. The monoisotopic (exact) mass is 467 g/mol. The topological polar surface area (TPSA) is 54.5 Å². The minimum atomic E-state index is -4.43. The lowest BCUT2D eigenvalue weighted by Crippen LogP contribution is -2.50.